The van der Waals surface area contributed by atoms with Crippen molar-refractivity contribution in [2.24, 2.45) is 4.99 Å². The highest BCUT2D eigenvalue weighted by atomic mass is 127. The van der Waals surface area contributed by atoms with Crippen molar-refractivity contribution in [3.8, 4) is 0 Å². The molecule has 0 atom stereocenters. The van der Waals surface area contributed by atoms with Gasteiger partial charge in [0.25, 0.3) is 0 Å². The summed E-state index contributed by atoms with van der Waals surface area (Å²) in [6.07, 6.45) is 5.18. The molecule has 1 aromatic carbocycles. The number of thiazole rings is 1. The molecule has 154 valence electrons. The lowest BCUT2D eigenvalue weighted by molar-refractivity contribution is 0.198. The minimum atomic E-state index is 0. The SMILES string of the molecule is CN=C(NCCc1ncc(C)s1)NC1CCN(Cc2ccccc2C)CC1.I. The van der Waals surface area contributed by atoms with Gasteiger partial charge in [0.1, 0.15) is 0 Å². The fraction of sp³-hybridized carbons (Fsp3) is 0.524. The maximum Gasteiger partial charge on any atom is 0.191 e. The maximum absolute atomic E-state index is 4.42. The zero-order valence-electron chi connectivity index (χ0n) is 17.1. The number of hydrogen-bond donors (Lipinski definition) is 2. The van der Waals surface area contributed by atoms with Crippen molar-refractivity contribution in [2.45, 2.75) is 45.7 Å². The summed E-state index contributed by atoms with van der Waals surface area (Å²) in [5.41, 5.74) is 2.83. The Morgan fingerprint density at radius 1 is 1.25 bits per heavy atom. The summed E-state index contributed by atoms with van der Waals surface area (Å²) in [6, 6.07) is 9.19. The number of hydrogen-bond acceptors (Lipinski definition) is 4. The van der Waals surface area contributed by atoms with Gasteiger partial charge in [0, 0.05) is 56.8 Å². The van der Waals surface area contributed by atoms with Crippen LogP contribution in [-0.4, -0.2) is 48.6 Å². The smallest absolute Gasteiger partial charge is 0.191 e. The molecule has 0 bridgehead atoms. The van der Waals surface area contributed by atoms with Crippen molar-refractivity contribution in [1.29, 1.82) is 0 Å². The van der Waals surface area contributed by atoms with E-state index in [1.807, 2.05) is 13.2 Å². The molecule has 0 spiro atoms. The van der Waals surface area contributed by atoms with Gasteiger partial charge < -0.3 is 10.6 Å². The van der Waals surface area contributed by atoms with Gasteiger partial charge in [0.05, 0.1) is 5.01 Å². The van der Waals surface area contributed by atoms with E-state index in [4.69, 9.17) is 0 Å². The van der Waals surface area contributed by atoms with Crippen LogP contribution in [0.15, 0.2) is 35.5 Å². The first kappa shape index (κ1) is 23.1. The van der Waals surface area contributed by atoms with Crippen LogP contribution < -0.4 is 10.6 Å². The number of nitrogens with zero attached hydrogens (tertiary/aromatic N) is 3. The number of benzene rings is 1. The lowest BCUT2D eigenvalue weighted by Gasteiger charge is -2.33. The summed E-state index contributed by atoms with van der Waals surface area (Å²) in [6.45, 7) is 8.47. The molecule has 1 aliphatic rings. The number of aliphatic imine (C=N–C) groups is 1. The van der Waals surface area contributed by atoms with E-state index < -0.39 is 0 Å². The maximum atomic E-state index is 4.42. The summed E-state index contributed by atoms with van der Waals surface area (Å²) < 4.78 is 0. The van der Waals surface area contributed by atoms with Crippen molar-refractivity contribution >= 4 is 41.3 Å². The van der Waals surface area contributed by atoms with Gasteiger partial charge in [0.15, 0.2) is 5.96 Å². The van der Waals surface area contributed by atoms with Crippen molar-refractivity contribution in [3.05, 3.63) is 51.5 Å². The van der Waals surface area contributed by atoms with Crippen LogP contribution >= 0.6 is 35.3 Å². The lowest BCUT2D eigenvalue weighted by atomic mass is 10.0. The van der Waals surface area contributed by atoms with Gasteiger partial charge in [-0.2, -0.15) is 0 Å². The van der Waals surface area contributed by atoms with Gasteiger partial charge in [-0.15, -0.1) is 35.3 Å². The molecular formula is C21H32IN5S. The summed E-state index contributed by atoms with van der Waals surface area (Å²) in [5, 5.41) is 8.19. The highest BCUT2D eigenvalue weighted by Gasteiger charge is 2.20. The summed E-state index contributed by atoms with van der Waals surface area (Å²) in [5.74, 6) is 0.903. The molecular weight excluding hydrogens is 481 g/mol. The summed E-state index contributed by atoms with van der Waals surface area (Å²) in [4.78, 5) is 12.6. The molecule has 7 heteroatoms. The Labute approximate surface area is 190 Å². The average molecular weight is 513 g/mol. The Bertz CT molecular complexity index is 753. The fourth-order valence-electron chi connectivity index (χ4n) is 3.46. The summed E-state index contributed by atoms with van der Waals surface area (Å²) >= 11 is 1.77. The number of aromatic nitrogens is 1. The zero-order chi connectivity index (χ0) is 19.1. The predicted molar refractivity (Wildman–Crippen MR) is 130 cm³/mol. The van der Waals surface area contributed by atoms with Crippen molar-refractivity contribution in [2.75, 3.05) is 26.7 Å². The number of guanidine groups is 1. The number of likely N-dealkylation sites (tertiary alicyclic amines) is 1. The number of piperidine rings is 1. The number of rotatable bonds is 6. The zero-order valence-corrected chi connectivity index (χ0v) is 20.2. The van der Waals surface area contributed by atoms with Gasteiger partial charge in [-0.25, -0.2) is 4.98 Å². The van der Waals surface area contributed by atoms with Crippen LogP contribution in [0.4, 0.5) is 0 Å². The Kier molecular flexibility index (Phi) is 9.67. The number of nitrogens with one attached hydrogen (secondary N) is 2. The molecule has 0 radical (unpaired) electrons. The second-order valence-corrected chi connectivity index (χ2v) is 8.55. The molecule has 0 unspecified atom stereocenters. The fourth-order valence-corrected chi connectivity index (χ4v) is 4.24. The summed E-state index contributed by atoms with van der Waals surface area (Å²) in [7, 11) is 1.84. The molecule has 28 heavy (non-hydrogen) atoms. The van der Waals surface area contributed by atoms with E-state index >= 15 is 0 Å². The first-order chi connectivity index (χ1) is 13.1. The highest BCUT2D eigenvalue weighted by Crippen LogP contribution is 2.16. The molecule has 1 saturated heterocycles. The van der Waals surface area contributed by atoms with Crippen LogP contribution in [0.1, 0.15) is 33.9 Å². The normalized spacial score (nSPS) is 15.9. The predicted octanol–water partition coefficient (Wildman–Crippen LogP) is 3.75. The monoisotopic (exact) mass is 513 g/mol. The van der Waals surface area contributed by atoms with E-state index in [-0.39, 0.29) is 24.0 Å². The van der Waals surface area contributed by atoms with E-state index in [0.29, 0.717) is 6.04 Å². The van der Waals surface area contributed by atoms with Gasteiger partial charge in [-0.3, -0.25) is 9.89 Å². The van der Waals surface area contributed by atoms with Crippen LogP contribution in [0.2, 0.25) is 0 Å². The van der Waals surface area contributed by atoms with E-state index in [9.17, 15) is 0 Å². The molecule has 2 N–H and O–H groups in total. The largest absolute Gasteiger partial charge is 0.356 e. The van der Waals surface area contributed by atoms with Gasteiger partial charge in [0.2, 0.25) is 0 Å². The van der Waals surface area contributed by atoms with Crippen LogP contribution in [-0.2, 0) is 13.0 Å². The van der Waals surface area contributed by atoms with Crippen LogP contribution in [0, 0.1) is 13.8 Å². The van der Waals surface area contributed by atoms with Crippen LogP contribution in [0.3, 0.4) is 0 Å². The topological polar surface area (TPSA) is 52.6 Å². The van der Waals surface area contributed by atoms with E-state index in [1.54, 1.807) is 11.3 Å². The van der Waals surface area contributed by atoms with E-state index in [1.165, 1.54) is 21.0 Å². The third-order valence-electron chi connectivity index (χ3n) is 5.11. The number of halogens is 1. The van der Waals surface area contributed by atoms with E-state index in [0.717, 1.165) is 51.4 Å². The standard InChI is InChI=1S/C21H31N5S.HI/c1-16-6-4-5-7-18(16)15-26-12-9-19(10-13-26)25-21(22-3)23-11-8-20-24-14-17(2)27-20;/h4-7,14,19H,8-13,15H2,1-3H3,(H2,22,23,25);1H. The minimum absolute atomic E-state index is 0. The Hall–Kier alpha value is -1.19. The molecule has 2 heterocycles. The third kappa shape index (κ3) is 7.00. The van der Waals surface area contributed by atoms with Crippen molar-refractivity contribution in [1.82, 2.24) is 20.5 Å². The van der Waals surface area contributed by atoms with Crippen LogP contribution in [0.5, 0.6) is 0 Å². The van der Waals surface area contributed by atoms with Gasteiger partial charge in [-0.1, -0.05) is 24.3 Å². The minimum Gasteiger partial charge on any atom is -0.356 e. The second-order valence-electron chi connectivity index (χ2n) is 7.23. The van der Waals surface area contributed by atoms with Gasteiger partial charge >= 0.3 is 0 Å². The lowest BCUT2D eigenvalue weighted by Crippen LogP contribution is -2.48. The second kappa shape index (κ2) is 11.7. The average Bonchev–Trinajstić information content (AvgIpc) is 3.09. The van der Waals surface area contributed by atoms with Crippen molar-refractivity contribution < 1.29 is 0 Å². The molecule has 1 aromatic heterocycles. The quantitative estimate of drug-likeness (QED) is 0.351. The number of aryl methyl sites for hydroxylation is 2. The van der Waals surface area contributed by atoms with E-state index in [2.05, 4.69) is 63.6 Å². The molecule has 0 amide bonds. The first-order valence-corrected chi connectivity index (χ1v) is 10.6. The van der Waals surface area contributed by atoms with Crippen molar-refractivity contribution in [3.63, 3.8) is 0 Å². The Morgan fingerprint density at radius 2 is 2.00 bits per heavy atom. The Morgan fingerprint density at radius 3 is 2.64 bits per heavy atom. The molecule has 3 rings (SSSR count). The molecule has 2 aromatic rings. The molecule has 1 fully saturated rings. The van der Waals surface area contributed by atoms with Gasteiger partial charge in [-0.05, 0) is 37.8 Å². The molecule has 5 nitrogen and oxygen atoms in total. The molecule has 0 aliphatic carbocycles. The molecule has 0 saturated carbocycles. The first-order valence-electron chi connectivity index (χ1n) is 9.79. The molecule has 1 aliphatic heterocycles. The highest BCUT2D eigenvalue weighted by molar-refractivity contribution is 14.0. The third-order valence-corrected chi connectivity index (χ3v) is 6.08. The van der Waals surface area contributed by atoms with Crippen LogP contribution in [0.25, 0.3) is 0 Å². The Balaban J connectivity index is 0.00000280.